The van der Waals surface area contributed by atoms with Gasteiger partial charge in [-0.2, -0.15) is 5.10 Å². The van der Waals surface area contributed by atoms with E-state index < -0.39 is 0 Å². The molecule has 86 valence electrons. The van der Waals surface area contributed by atoms with Crippen LogP contribution in [0.1, 0.15) is 31.4 Å². The van der Waals surface area contributed by atoms with Gasteiger partial charge in [0.05, 0.1) is 5.71 Å². The monoisotopic (exact) mass is 218 g/mol. The average Bonchev–Trinajstić information content (AvgIpc) is 2.27. The third kappa shape index (κ3) is 3.38. The van der Waals surface area contributed by atoms with E-state index in [9.17, 15) is 0 Å². The fourth-order valence-corrected chi connectivity index (χ4v) is 1.55. The van der Waals surface area contributed by atoms with Gasteiger partial charge in [0.25, 0.3) is 0 Å². The summed E-state index contributed by atoms with van der Waals surface area (Å²) in [5.74, 6) is -0.0210. The van der Waals surface area contributed by atoms with Crippen LogP contribution in [-0.4, -0.2) is 11.7 Å². The maximum Gasteiger partial charge on any atom is 0.211 e. The molecule has 0 spiro atoms. The summed E-state index contributed by atoms with van der Waals surface area (Å²) < 4.78 is 0. The van der Waals surface area contributed by atoms with Crippen LogP contribution < -0.4 is 11.5 Å². The van der Waals surface area contributed by atoms with Crippen LogP contribution in [0, 0.1) is 0 Å². The first-order valence-electron chi connectivity index (χ1n) is 5.36. The van der Waals surface area contributed by atoms with Crippen molar-refractivity contribution < 1.29 is 0 Å². The summed E-state index contributed by atoms with van der Waals surface area (Å²) in [7, 11) is 0. The van der Waals surface area contributed by atoms with E-state index in [4.69, 9.17) is 11.5 Å². The molecule has 1 rings (SSSR count). The summed E-state index contributed by atoms with van der Waals surface area (Å²) in [4.78, 5) is 0. The molecule has 0 saturated heterocycles. The summed E-state index contributed by atoms with van der Waals surface area (Å²) in [6, 6.07) is 8.16. The van der Waals surface area contributed by atoms with Crippen LogP contribution in [0.2, 0.25) is 0 Å². The lowest BCUT2D eigenvalue weighted by Gasteiger charge is -2.06. The van der Waals surface area contributed by atoms with Gasteiger partial charge in [-0.25, -0.2) is 0 Å². The number of rotatable bonds is 4. The van der Waals surface area contributed by atoms with E-state index in [1.54, 1.807) is 0 Å². The zero-order chi connectivity index (χ0) is 12.0. The highest BCUT2D eigenvalue weighted by Crippen LogP contribution is 2.12. The maximum atomic E-state index is 5.24. The molecule has 0 saturated carbocycles. The summed E-state index contributed by atoms with van der Waals surface area (Å²) in [5, 5.41) is 7.65. The molecule has 0 aliphatic rings. The van der Waals surface area contributed by atoms with Crippen LogP contribution in [0.3, 0.4) is 0 Å². The van der Waals surface area contributed by atoms with Crippen LogP contribution in [-0.2, 0) is 6.42 Å². The van der Waals surface area contributed by atoms with Crippen molar-refractivity contribution in [2.75, 3.05) is 0 Å². The fraction of sp³-hybridized carbons (Fsp3) is 0.333. The molecule has 16 heavy (non-hydrogen) atoms. The zero-order valence-electron chi connectivity index (χ0n) is 9.77. The highest BCUT2D eigenvalue weighted by molar-refractivity contribution is 6.00. The third-order valence-corrected chi connectivity index (χ3v) is 2.24. The lowest BCUT2D eigenvalue weighted by atomic mass is 10.0. The van der Waals surface area contributed by atoms with Crippen molar-refractivity contribution in [3.05, 3.63) is 35.4 Å². The van der Waals surface area contributed by atoms with Gasteiger partial charge < -0.3 is 11.5 Å². The summed E-state index contributed by atoms with van der Waals surface area (Å²) in [6.07, 6.45) is 2.14. The Labute approximate surface area is 96.1 Å². The van der Waals surface area contributed by atoms with Crippen molar-refractivity contribution in [1.29, 1.82) is 0 Å². The second-order valence-electron chi connectivity index (χ2n) is 3.62. The molecule has 0 amide bonds. The summed E-state index contributed by atoms with van der Waals surface area (Å²) in [6.45, 7) is 4.06. The molecule has 0 unspecified atom stereocenters. The number of guanidine groups is 1. The molecule has 4 N–H and O–H groups in total. The molecule has 4 heteroatoms. The van der Waals surface area contributed by atoms with Crippen LogP contribution in [0.5, 0.6) is 0 Å². The van der Waals surface area contributed by atoms with Gasteiger partial charge in [0.15, 0.2) is 0 Å². The maximum absolute atomic E-state index is 5.24. The Morgan fingerprint density at radius 1 is 1.19 bits per heavy atom. The molecule has 0 atom stereocenters. The van der Waals surface area contributed by atoms with E-state index in [-0.39, 0.29) is 5.96 Å². The third-order valence-electron chi connectivity index (χ3n) is 2.24. The van der Waals surface area contributed by atoms with Gasteiger partial charge in [0.1, 0.15) is 0 Å². The average molecular weight is 218 g/mol. The Morgan fingerprint density at radius 3 is 2.50 bits per heavy atom. The molecule has 1 aromatic rings. The standard InChI is InChI=1S/C12H18N4/c1-3-6-10-7-4-5-8-11(10)9(2)15-16-12(13)14/h4-5,7-8H,3,6H2,1-2H3,(H4,13,14,16). The van der Waals surface area contributed by atoms with Crippen LogP contribution in [0.15, 0.2) is 34.5 Å². The Balaban J connectivity index is 3.02. The Kier molecular flexibility index (Phi) is 4.51. The number of hydrogen-bond acceptors (Lipinski definition) is 2. The number of nitrogens with two attached hydrogens (primary N) is 2. The molecular weight excluding hydrogens is 200 g/mol. The van der Waals surface area contributed by atoms with Crippen molar-refractivity contribution >= 4 is 11.7 Å². The second-order valence-corrected chi connectivity index (χ2v) is 3.62. The zero-order valence-corrected chi connectivity index (χ0v) is 9.77. The van der Waals surface area contributed by atoms with Gasteiger partial charge in [0, 0.05) is 5.56 Å². The first-order valence-corrected chi connectivity index (χ1v) is 5.36. The highest BCUT2D eigenvalue weighted by Gasteiger charge is 2.03. The van der Waals surface area contributed by atoms with Gasteiger partial charge in [-0.15, -0.1) is 5.10 Å². The van der Waals surface area contributed by atoms with E-state index in [2.05, 4.69) is 23.2 Å². The lowest BCUT2D eigenvalue weighted by molar-refractivity contribution is 0.919. The fourth-order valence-electron chi connectivity index (χ4n) is 1.55. The Hall–Kier alpha value is -1.84. The smallest absolute Gasteiger partial charge is 0.211 e. The number of aryl methyl sites for hydroxylation is 1. The molecule has 0 radical (unpaired) electrons. The lowest BCUT2D eigenvalue weighted by Crippen LogP contribution is -2.22. The molecule has 1 aromatic carbocycles. The van der Waals surface area contributed by atoms with E-state index in [1.807, 2.05) is 25.1 Å². The first kappa shape index (κ1) is 12.2. The number of benzene rings is 1. The SMILES string of the molecule is CCCc1ccccc1C(C)=NN=C(N)N. The van der Waals surface area contributed by atoms with Gasteiger partial charge in [-0.3, -0.25) is 0 Å². The largest absolute Gasteiger partial charge is 0.369 e. The number of nitrogens with zero attached hydrogens (tertiary/aromatic N) is 2. The van der Waals surface area contributed by atoms with Crippen molar-refractivity contribution in [3.63, 3.8) is 0 Å². The van der Waals surface area contributed by atoms with E-state index in [1.165, 1.54) is 5.56 Å². The predicted molar refractivity (Wildman–Crippen MR) is 68.5 cm³/mol. The molecule has 0 aromatic heterocycles. The quantitative estimate of drug-likeness (QED) is 0.458. The molecule has 4 nitrogen and oxygen atoms in total. The minimum absolute atomic E-state index is 0.0210. The Morgan fingerprint density at radius 2 is 1.88 bits per heavy atom. The minimum Gasteiger partial charge on any atom is -0.369 e. The Bertz CT molecular complexity index is 403. The van der Waals surface area contributed by atoms with Crippen LogP contribution in [0.25, 0.3) is 0 Å². The van der Waals surface area contributed by atoms with Gasteiger partial charge in [-0.05, 0) is 18.9 Å². The number of hydrogen-bond donors (Lipinski definition) is 2. The van der Waals surface area contributed by atoms with Crippen molar-refractivity contribution in [2.24, 2.45) is 21.7 Å². The van der Waals surface area contributed by atoms with Crippen LogP contribution >= 0.6 is 0 Å². The first-order chi connectivity index (χ1) is 7.65. The molecular formula is C12H18N4. The molecule has 0 aliphatic heterocycles. The van der Waals surface area contributed by atoms with Crippen LogP contribution in [0.4, 0.5) is 0 Å². The molecule has 0 aliphatic carbocycles. The normalized spacial score (nSPS) is 11.2. The van der Waals surface area contributed by atoms with Crippen molar-refractivity contribution in [1.82, 2.24) is 0 Å². The molecule has 0 fully saturated rings. The highest BCUT2D eigenvalue weighted by atomic mass is 15.3. The van der Waals surface area contributed by atoms with Crippen molar-refractivity contribution in [3.8, 4) is 0 Å². The van der Waals surface area contributed by atoms with Gasteiger partial charge in [0.2, 0.25) is 5.96 Å². The minimum atomic E-state index is -0.0210. The molecule has 0 heterocycles. The van der Waals surface area contributed by atoms with E-state index in [0.29, 0.717) is 0 Å². The van der Waals surface area contributed by atoms with E-state index in [0.717, 1.165) is 24.1 Å². The van der Waals surface area contributed by atoms with E-state index >= 15 is 0 Å². The molecule has 0 bridgehead atoms. The second kappa shape index (κ2) is 5.90. The van der Waals surface area contributed by atoms with Gasteiger partial charge in [-0.1, -0.05) is 37.6 Å². The van der Waals surface area contributed by atoms with Crippen molar-refractivity contribution in [2.45, 2.75) is 26.7 Å². The van der Waals surface area contributed by atoms with Gasteiger partial charge >= 0.3 is 0 Å². The summed E-state index contributed by atoms with van der Waals surface area (Å²) in [5.41, 5.74) is 13.7. The topological polar surface area (TPSA) is 76.8 Å². The summed E-state index contributed by atoms with van der Waals surface area (Å²) >= 11 is 0. The predicted octanol–water partition coefficient (Wildman–Crippen LogP) is 1.64.